The van der Waals surface area contributed by atoms with Crippen molar-refractivity contribution in [3.8, 4) is 0 Å². The van der Waals surface area contributed by atoms with Crippen LogP contribution in [0.1, 0.15) is 40.0 Å². The van der Waals surface area contributed by atoms with Crippen molar-refractivity contribution < 1.29 is 4.74 Å². The molecule has 0 saturated carbocycles. The Morgan fingerprint density at radius 1 is 1.29 bits per heavy atom. The summed E-state index contributed by atoms with van der Waals surface area (Å²) in [5, 5.41) is 3.46. The molecule has 0 spiro atoms. The molecule has 0 aromatic carbocycles. The van der Waals surface area contributed by atoms with Crippen LogP contribution in [0.4, 0.5) is 0 Å². The molecule has 1 aliphatic rings. The highest BCUT2D eigenvalue weighted by atomic mass is 16.5. The lowest BCUT2D eigenvalue weighted by Gasteiger charge is -2.40. The molecule has 0 aromatic heterocycles. The van der Waals surface area contributed by atoms with E-state index in [2.05, 4.69) is 38.0 Å². The van der Waals surface area contributed by atoms with E-state index in [4.69, 9.17) is 4.74 Å². The van der Waals surface area contributed by atoms with Crippen molar-refractivity contribution in [2.75, 3.05) is 39.8 Å². The van der Waals surface area contributed by atoms with Gasteiger partial charge < -0.3 is 15.0 Å². The molecule has 1 heterocycles. The maximum Gasteiger partial charge on any atom is 0.0596 e. The Kier molecular flexibility index (Phi) is 6.45. The van der Waals surface area contributed by atoms with Gasteiger partial charge in [-0.2, -0.15) is 0 Å². The summed E-state index contributed by atoms with van der Waals surface area (Å²) in [4.78, 5) is 2.44. The molecule has 1 fully saturated rings. The molecule has 0 radical (unpaired) electrons. The molecular formula is C14H30N2O. The van der Waals surface area contributed by atoms with Crippen LogP contribution in [0.5, 0.6) is 0 Å². The van der Waals surface area contributed by atoms with E-state index in [1.54, 1.807) is 0 Å². The Labute approximate surface area is 107 Å². The number of hydrogen-bond acceptors (Lipinski definition) is 3. The fraction of sp³-hybridized carbons (Fsp3) is 1.00. The van der Waals surface area contributed by atoms with Gasteiger partial charge in [0.25, 0.3) is 0 Å². The summed E-state index contributed by atoms with van der Waals surface area (Å²) in [5.41, 5.74) is 0.540. The van der Waals surface area contributed by atoms with Gasteiger partial charge in [-0.05, 0) is 58.7 Å². The first-order valence-electron chi connectivity index (χ1n) is 7.09. The molecule has 1 N–H and O–H groups in total. The molecule has 0 aromatic rings. The number of rotatable bonds is 7. The van der Waals surface area contributed by atoms with Crippen molar-refractivity contribution >= 4 is 0 Å². The minimum Gasteiger partial charge on any atom is -0.377 e. The quantitative estimate of drug-likeness (QED) is 0.740. The van der Waals surface area contributed by atoms with Crippen LogP contribution in [-0.4, -0.2) is 50.8 Å². The zero-order valence-electron chi connectivity index (χ0n) is 12.1. The SMILES string of the molecule is CCC1(CN(C)CCOC(C)C)CCNCC1. The molecule has 3 heteroatoms. The van der Waals surface area contributed by atoms with Crippen LogP contribution in [0.15, 0.2) is 0 Å². The standard InChI is InChI=1S/C14H30N2O/c1-5-14(6-8-15-9-7-14)12-16(4)10-11-17-13(2)3/h13,15H,5-12H2,1-4H3. The lowest BCUT2D eigenvalue weighted by atomic mass is 9.76. The van der Waals surface area contributed by atoms with Crippen molar-refractivity contribution in [3.63, 3.8) is 0 Å². The van der Waals surface area contributed by atoms with Gasteiger partial charge in [0, 0.05) is 13.1 Å². The molecule has 0 aliphatic carbocycles. The van der Waals surface area contributed by atoms with Crippen molar-refractivity contribution in [3.05, 3.63) is 0 Å². The first-order chi connectivity index (χ1) is 8.08. The molecule has 102 valence electrons. The van der Waals surface area contributed by atoms with Crippen LogP contribution in [-0.2, 0) is 4.74 Å². The molecule has 0 atom stereocenters. The summed E-state index contributed by atoms with van der Waals surface area (Å²) in [6, 6.07) is 0. The molecule has 0 amide bonds. The Balaban J connectivity index is 2.29. The van der Waals surface area contributed by atoms with Gasteiger partial charge in [0.15, 0.2) is 0 Å². The van der Waals surface area contributed by atoms with Crippen LogP contribution < -0.4 is 5.32 Å². The zero-order chi connectivity index (χ0) is 12.7. The molecular weight excluding hydrogens is 212 g/mol. The van der Waals surface area contributed by atoms with E-state index in [1.807, 2.05) is 0 Å². The smallest absolute Gasteiger partial charge is 0.0596 e. The lowest BCUT2D eigenvalue weighted by molar-refractivity contribution is 0.0483. The average Bonchev–Trinajstić information content (AvgIpc) is 2.29. The Morgan fingerprint density at radius 2 is 1.94 bits per heavy atom. The van der Waals surface area contributed by atoms with Crippen LogP contribution in [0.2, 0.25) is 0 Å². The molecule has 0 bridgehead atoms. The van der Waals surface area contributed by atoms with Gasteiger partial charge in [0.2, 0.25) is 0 Å². The summed E-state index contributed by atoms with van der Waals surface area (Å²) in [6.45, 7) is 12.0. The van der Waals surface area contributed by atoms with Crippen molar-refractivity contribution in [1.82, 2.24) is 10.2 Å². The van der Waals surface area contributed by atoms with Crippen molar-refractivity contribution in [1.29, 1.82) is 0 Å². The summed E-state index contributed by atoms with van der Waals surface area (Å²) >= 11 is 0. The second kappa shape index (κ2) is 7.34. The molecule has 3 nitrogen and oxygen atoms in total. The largest absolute Gasteiger partial charge is 0.377 e. The first kappa shape index (κ1) is 14.9. The summed E-state index contributed by atoms with van der Waals surface area (Å²) in [6.07, 6.45) is 4.28. The van der Waals surface area contributed by atoms with E-state index in [-0.39, 0.29) is 0 Å². The van der Waals surface area contributed by atoms with E-state index in [9.17, 15) is 0 Å². The second-order valence-electron chi connectivity index (χ2n) is 5.76. The molecule has 0 unspecified atom stereocenters. The number of nitrogens with zero attached hydrogens (tertiary/aromatic N) is 1. The van der Waals surface area contributed by atoms with E-state index < -0.39 is 0 Å². The van der Waals surface area contributed by atoms with Gasteiger partial charge >= 0.3 is 0 Å². The third-order valence-corrected chi connectivity index (χ3v) is 3.94. The number of ether oxygens (including phenoxy) is 1. The van der Waals surface area contributed by atoms with E-state index in [0.29, 0.717) is 11.5 Å². The second-order valence-corrected chi connectivity index (χ2v) is 5.76. The summed E-state index contributed by atoms with van der Waals surface area (Å²) in [7, 11) is 2.23. The third-order valence-electron chi connectivity index (χ3n) is 3.94. The number of nitrogens with one attached hydrogen (secondary N) is 1. The highest BCUT2D eigenvalue weighted by Crippen LogP contribution is 2.32. The average molecular weight is 242 g/mol. The molecule has 1 aliphatic heterocycles. The zero-order valence-corrected chi connectivity index (χ0v) is 12.1. The third kappa shape index (κ3) is 5.36. The maximum atomic E-state index is 5.61. The molecule has 1 rings (SSSR count). The van der Waals surface area contributed by atoms with Crippen molar-refractivity contribution in [2.24, 2.45) is 5.41 Å². The van der Waals surface area contributed by atoms with Gasteiger partial charge in [-0.25, -0.2) is 0 Å². The predicted molar refractivity (Wildman–Crippen MR) is 73.4 cm³/mol. The monoisotopic (exact) mass is 242 g/mol. The lowest BCUT2D eigenvalue weighted by Crippen LogP contribution is -2.44. The Bertz CT molecular complexity index is 200. The van der Waals surface area contributed by atoms with Crippen molar-refractivity contribution in [2.45, 2.75) is 46.1 Å². The summed E-state index contributed by atoms with van der Waals surface area (Å²) < 4.78 is 5.61. The Morgan fingerprint density at radius 3 is 2.47 bits per heavy atom. The van der Waals surface area contributed by atoms with Gasteiger partial charge in [-0.3, -0.25) is 0 Å². The minimum absolute atomic E-state index is 0.349. The Hall–Kier alpha value is -0.120. The van der Waals surface area contributed by atoms with Gasteiger partial charge in [-0.15, -0.1) is 0 Å². The van der Waals surface area contributed by atoms with Crippen LogP contribution >= 0.6 is 0 Å². The van der Waals surface area contributed by atoms with Gasteiger partial charge in [0.1, 0.15) is 0 Å². The maximum absolute atomic E-state index is 5.61. The predicted octanol–water partition coefficient (Wildman–Crippen LogP) is 2.12. The first-order valence-corrected chi connectivity index (χ1v) is 7.09. The minimum atomic E-state index is 0.349. The highest BCUT2D eigenvalue weighted by molar-refractivity contribution is 4.85. The number of piperidine rings is 1. The van der Waals surface area contributed by atoms with E-state index in [1.165, 1.54) is 38.9 Å². The molecule has 1 saturated heterocycles. The topological polar surface area (TPSA) is 24.5 Å². The number of hydrogen-bond donors (Lipinski definition) is 1. The molecule has 17 heavy (non-hydrogen) atoms. The van der Waals surface area contributed by atoms with Crippen LogP contribution in [0, 0.1) is 5.41 Å². The van der Waals surface area contributed by atoms with Crippen LogP contribution in [0.3, 0.4) is 0 Å². The highest BCUT2D eigenvalue weighted by Gasteiger charge is 2.30. The van der Waals surface area contributed by atoms with Crippen LogP contribution in [0.25, 0.3) is 0 Å². The van der Waals surface area contributed by atoms with E-state index >= 15 is 0 Å². The number of likely N-dealkylation sites (N-methyl/N-ethyl adjacent to an activating group) is 1. The fourth-order valence-electron chi connectivity index (χ4n) is 2.68. The van der Waals surface area contributed by atoms with E-state index in [0.717, 1.165) is 13.2 Å². The fourth-order valence-corrected chi connectivity index (χ4v) is 2.68. The van der Waals surface area contributed by atoms with Gasteiger partial charge in [0.05, 0.1) is 12.7 Å². The van der Waals surface area contributed by atoms with Gasteiger partial charge in [-0.1, -0.05) is 6.92 Å². The normalized spacial score (nSPS) is 20.1. The summed E-state index contributed by atoms with van der Waals surface area (Å²) in [5.74, 6) is 0.